The molecule has 4 aromatic rings. The van der Waals surface area contributed by atoms with Gasteiger partial charge in [-0.15, -0.1) is 24.8 Å². The van der Waals surface area contributed by atoms with Crippen molar-refractivity contribution in [3.05, 3.63) is 129 Å². The first-order chi connectivity index (χ1) is 23.9. The minimum absolute atomic E-state index is 0. The van der Waals surface area contributed by atoms with Crippen molar-refractivity contribution in [3.8, 4) is 22.3 Å². The van der Waals surface area contributed by atoms with Crippen molar-refractivity contribution in [2.45, 2.75) is 119 Å². The number of hydrogen-bond donors (Lipinski definition) is 0. The van der Waals surface area contributed by atoms with Crippen molar-refractivity contribution in [3.63, 3.8) is 0 Å². The topological polar surface area (TPSA) is 0 Å². The Morgan fingerprint density at radius 1 is 0.549 bits per heavy atom. The Labute approximate surface area is 325 Å². The van der Waals surface area contributed by atoms with E-state index in [1.807, 2.05) is 11.1 Å². The zero-order valence-corrected chi connectivity index (χ0v) is 36.9. The second-order valence-electron chi connectivity index (χ2n) is 16.5. The Kier molecular flexibility index (Phi) is 11.8. The van der Waals surface area contributed by atoms with Gasteiger partial charge in [0.1, 0.15) is 0 Å². The van der Waals surface area contributed by atoms with E-state index in [1.54, 1.807) is 22.3 Å². The van der Waals surface area contributed by atoms with Gasteiger partial charge in [0, 0.05) is 0 Å². The van der Waals surface area contributed by atoms with Crippen LogP contribution in [0.25, 0.3) is 34.4 Å². The summed E-state index contributed by atoms with van der Waals surface area (Å²) in [5, 5.41) is 0. The van der Waals surface area contributed by atoms with Gasteiger partial charge in [-0.25, -0.2) is 0 Å². The molecule has 0 aromatic heterocycles. The van der Waals surface area contributed by atoms with E-state index in [9.17, 15) is 0 Å². The van der Waals surface area contributed by atoms with Gasteiger partial charge in [0.25, 0.3) is 0 Å². The van der Waals surface area contributed by atoms with Crippen LogP contribution >= 0.6 is 24.8 Å². The van der Waals surface area contributed by atoms with Crippen LogP contribution in [0.1, 0.15) is 145 Å². The first-order valence-corrected chi connectivity index (χ1v) is 28.0. The van der Waals surface area contributed by atoms with E-state index in [-0.39, 0.29) is 24.8 Å². The van der Waals surface area contributed by atoms with Crippen LogP contribution in [0.3, 0.4) is 0 Å². The summed E-state index contributed by atoms with van der Waals surface area (Å²) in [4.78, 5) is 0. The molecule has 4 atom stereocenters. The number of halogens is 2. The maximum atomic E-state index is 2.73. The summed E-state index contributed by atoms with van der Waals surface area (Å²) < 4.78 is 3.49. The number of rotatable bonds is 10. The van der Waals surface area contributed by atoms with E-state index in [0.29, 0.717) is 11.8 Å². The molecule has 1 aliphatic heterocycles. The third-order valence-corrected chi connectivity index (χ3v) is 38.0. The first kappa shape index (κ1) is 38.5. The molecule has 4 unspecified atom stereocenters. The van der Waals surface area contributed by atoms with Crippen LogP contribution in [0.15, 0.2) is 96.1 Å². The standard InChI is InChI=1S/2C21H23.C6H10.2ClH.Hf/c2*1-4-6-16-13-19-7-5-8-20(21(19)14-16)18-11-9-17(10-12-18)15(2)3;1-2-4-6-5-3-1;;;/h2*5,7-15H,4,6H2,1-3H3;1-2H,3-6H2;2*1H;. The molecule has 1 heterocycles. The fourth-order valence-electron chi connectivity index (χ4n) is 11.0. The summed E-state index contributed by atoms with van der Waals surface area (Å²) >= 11 is -3.23. The Balaban J connectivity index is 0.00000224. The van der Waals surface area contributed by atoms with Gasteiger partial charge >= 0.3 is 303 Å². The second-order valence-corrected chi connectivity index (χ2v) is 33.1. The van der Waals surface area contributed by atoms with E-state index >= 15 is 0 Å². The molecule has 4 aliphatic rings. The maximum absolute atomic E-state index is 3.23. The number of fused-ring (bicyclic) bond motifs is 3. The van der Waals surface area contributed by atoms with Crippen LogP contribution in [0.4, 0.5) is 0 Å². The molecule has 51 heavy (non-hydrogen) atoms. The van der Waals surface area contributed by atoms with Gasteiger partial charge in [0.2, 0.25) is 0 Å². The normalized spacial score (nSPS) is 24.2. The SMILES string of the molecule is CCCC1=Cc2c(-c3ccc(C(C)C)cc3)cccc2[CH]1[Hf]1([CH]2C(CCC)=Cc3c(-c4ccc(C(C)C)cc4)cccc32)[CH]2CCCC[CH]21.Cl.Cl. The summed E-state index contributed by atoms with van der Waals surface area (Å²) in [6.45, 7) is 14.0. The third kappa shape index (κ3) is 6.44. The molecule has 1 saturated carbocycles. The van der Waals surface area contributed by atoms with E-state index < -0.39 is 20.0 Å². The molecule has 3 aliphatic carbocycles. The number of hydrogen-bond acceptors (Lipinski definition) is 0. The Bertz CT molecular complexity index is 1770. The molecule has 0 amide bonds. The fraction of sp³-hybridized carbons (Fsp3) is 0.417. The van der Waals surface area contributed by atoms with E-state index in [0.717, 1.165) is 14.7 Å². The van der Waals surface area contributed by atoms with Crippen LogP contribution in [-0.2, 0) is 20.0 Å². The third-order valence-electron chi connectivity index (χ3n) is 13.1. The molecule has 8 rings (SSSR count). The summed E-state index contributed by atoms with van der Waals surface area (Å²) in [6.07, 6.45) is 16.3. The monoisotopic (exact) mass is 884 g/mol. The van der Waals surface area contributed by atoms with Gasteiger partial charge in [-0.2, -0.15) is 0 Å². The molecular weight excluding hydrogens is 826 g/mol. The average molecular weight is 884 g/mol. The van der Waals surface area contributed by atoms with Crippen LogP contribution in [-0.4, -0.2) is 0 Å². The van der Waals surface area contributed by atoms with E-state index in [1.165, 1.54) is 84.7 Å². The maximum Gasteiger partial charge on any atom is -0.147 e. The van der Waals surface area contributed by atoms with Crippen LogP contribution in [0.2, 0.25) is 7.35 Å². The zero-order valence-electron chi connectivity index (χ0n) is 31.7. The van der Waals surface area contributed by atoms with Crippen LogP contribution in [0, 0.1) is 0 Å². The summed E-state index contributed by atoms with van der Waals surface area (Å²) in [5.41, 5.74) is 18.7. The molecular formula is C48H58Cl2Hf. The Hall–Kier alpha value is -2.19. The van der Waals surface area contributed by atoms with Gasteiger partial charge in [0.15, 0.2) is 0 Å². The summed E-state index contributed by atoms with van der Waals surface area (Å²) in [6, 6.07) is 33.9. The molecule has 1 saturated heterocycles. The number of allylic oxidation sites excluding steroid dienone is 2. The minimum atomic E-state index is -3.23. The molecule has 4 aromatic carbocycles. The van der Waals surface area contributed by atoms with Gasteiger partial charge in [-0.1, -0.05) is 0 Å². The first-order valence-electron chi connectivity index (χ1n) is 19.8. The van der Waals surface area contributed by atoms with Crippen molar-refractivity contribution in [1.82, 2.24) is 0 Å². The average Bonchev–Trinajstić information content (AvgIpc) is 3.39. The molecule has 0 nitrogen and oxygen atoms in total. The minimum Gasteiger partial charge on any atom is -0.147 e. The fourth-order valence-corrected chi connectivity index (χ4v) is 46.4. The molecule has 3 heteroatoms. The molecule has 2 fully saturated rings. The summed E-state index contributed by atoms with van der Waals surface area (Å²) in [7, 11) is 0. The van der Waals surface area contributed by atoms with Crippen LogP contribution in [0.5, 0.6) is 0 Å². The van der Waals surface area contributed by atoms with Crippen molar-refractivity contribution in [2.24, 2.45) is 0 Å². The second kappa shape index (κ2) is 15.7. The van der Waals surface area contributed by atoms with Gasteiger partial charge < -0.3 is 0 Å². The molecule has 0 radical (unpaired) electrons. The summed E-state index contributed by atoms with van der Waals surface area (Å²) in [5.74, 6) is 1.12. The molecule has 0 bridgehead atoms. The Morgan fingerprint density at radius 2 is 0.941 bits per heavy atom. The van der Waals surface area contributed by atoms with Gasteiger partial charge in [0.05, 0.1) is 0 Å². The van der Waals surface area contributed by atoms with Crippen molar-refractivity contribution >= 4 is 37.0 Å². The largest absolute Gasteiger partial charge is 0.147 e. The van der Waals surface area contributed by atoms with Crippen LogP contribution < -0.4 is 0 Å². The molecule has 0 N–H and O–H groups in total. The Morgan fingerprint density at radius 3 is 1.29 bits per heavy atom. The van der Waals surface area contributed by atoms with E-state index in [2.05, 4.69) is 139 Å². The van der Waals surface area contributed by atoms with Gasteiger partial charge in [-0.05, 0) is 0 Å². The van der Waals surface area contributed by atoms with Gasteiger partial charge in [-0.3, -0.25) is 0 Å². The van der Waals surface area contributed by atoms with Crippen molar-refractivity contribution in [2.75, 3.05) is 0 Å². The predicted molar refractivity (Wildman–Crippen MR) is 224 cm³/mol. The van der Waals surface area contributed by atoms with Crippen molar-refractivity contribution < 1.29 is 20.0 Å². The number of benzene rings is 4. The molecule has 268 valence electrons. The smallest absolute Gasteiger partial charge is 0.147 e. The zero-order chi connectivity index (χ0) is 33.9. The predicted octanol–water partition coefficient (Wildman–Crippen LogP) is 15.6. The molecule has 0 spiro atoms. The van der Waals surface area contributed by atoms with E-state index in [4.69, 9.17) is 0 Å². The van der Waals surface area contributed by atoms with Crippen molar-refractivity contribution in [1.29, 1.82) is 0 Å². The quantitative estimate of drug-likeness (QED) is 0.139.